The second-order valence-corrected chi connectivity index (χ2v) is 8.15. The Balaban J connectivity index is 1.38. The van der Waals surface area contributed by atoms with E-state index in [1.165, 1.54) is 6.07 Å². The molecule has 1 unspecified atom stereocenters. The number of furan rings is 1. The van der Waals surface area contributed by atoms with Gasteiger partial charge in [0, 0.05) is 12.5 Å². The minimum atomic E-state index is -1.08. The van der Waals surface area contributed by atoms with Gasteiger partial charge in [-0.3, -0.25) is 9.69 Å². The van der Waals surface area contributed by atoms with Crippen LogP contribution in [0.3, 0.4) is 0 Å². The molecule has 8 heteroatoms. The number of carboxylic acids is 2. The van der Waals surface area contributed by atoms with Gasteiger partial charge in [-0.25, -0.2) is 9.59 Å². The summed E-state index contributed by atoms with van der Waals surface area (Å²) in [5, 5.41) is 18.5. The van der Waals surface area contributed by atoms with Crippen LogP contribution in [0.15, 0.2) is 16.5 Å². The first-order chi connectivity index (χ1) is 12.9. The van der Waals surface area contributed by atoms with Gasteiger partial charge in [0.15, 0.2) is 0 Å². The standard InChI is InChI=1S/C19H24N2O6/c22-16(12-1-2-12)21-11-19(9-14(21)17(23)24)5-7-20(8-6-19)10-13-3-4-15(27-13)18(25)26/h3-4,12,14H,1-2,5-11H2,(H,23,24)(H,25,26). The van der Waals surface area contributed by atoms with Crippen LogP contribution in [-0.2, 0) is 16.1 Å². The molecule has 1 aromatic heterocycles. The Bertz CT molecular complexity index is 760. The van der Waals surface area contributed by atoms with E-state index in [4.69, 9.17) is 9.52 Å². The first-order valence-electron chi connectivity index (χ1n) is 9.45. The van der Waals surface area contributed by atoms with Crippen LogP contribution >= 0.6 is 0 Å². The Kier molecular flexibility index (Phi) is 4.46. The molecule has 1 spiro atoms. The van der Waals surface area contributed by atoms with E-state index in [-0.39, 0.29) is 23.0 Å². The van der Waals surface area contributed by atoms with E-state index in [1.807, 2.05) is 0 Å². The molecule has 1 aromatic rings. The van der Waals surface area contributed by atoms with Gasteiger partial charge in [0.05, 0.1) is 6.54 Å². The lowest BCUT2D eigenvalue weighted by atomic mass is 9.76. The number of aromatic carboxylic acids is 1. The van der Waals surface area contributed by atoms with Crippen LogP contribution < -0.4 is 0 Å². The molecule has 8 nitrogen and oxygen atoms in total. The summed E-state index contributed by atoms with van der Waals surface area (Å²) in [5.74, 6) is -1.38. The Morgan fingerprint density at radius 3 is 2.41 bits per heavy atom. The number of carbonyl (C=O) groups excluding carboxylic acids is 1. The van der Waals surface area contributed by atoms with Crippen molar-refractivity contribution in [1.29, 1.82) is 0 Å². The number of hydrogen-bond acceptors (Lipinski definition) is 5. The number of hydrogen-bond donors (Lipinski definition) is 2. The molecule has 0 radical (unpaired) electrons. The van der Waals surface area contributed by atoms with Gasteiger partial charge < -0.3 is 19.5 Å². The molecular weight excluding hydrogens is 352 g/mol. The molecule has 2 saturated heterocycles. The summed E-state index contributed by atoms with van der Waals surface area (Å²) in [4.78, 5) is 38.9. The number of carbonyl (C=O) groups is 3. The lowest BCUT2D eigenvalue weighted by Crippen LogP contribution is -2.43. The van der Waals surface area contributed by atoms with Crippen LogP contribution in [0.2, 0.25) is 0 Å². The average molecular weight is 376 g/mol. The summed E-state index contributed by atoms with van der Waals surface area (Å²) in [6, 6.07) is 2.44. The molecule has 1 amide bonds. The van der Waals surface area contributed by atoms with E-state index in [2.05, 4.69) is 4.90 Å². The molecular formula is C19H24N2O6. The Hall–Kier alpha value is -2.35. The first kappa shape index (κ1) is 18.0. The van der Waals surface area contributed by atoms with Crippen molar-refractivity contribution >= 4 is 17.8 Å². The van der Waals surface area contributed by atoms with Crippen LogP contribution in [0, 0.1) is 11.3 Å². The second-order valence-electron chi connectivity index (χ2n) is 8.15. The van der Waals surface area contributed by atoms with Crippen molar-refractivity contribution in [1.82, 2.24) is 9.80 Å². The quantitative estimate of drug-likeness (QED) is 0.804. The number of rotatable bonds is 5. The van der Waals surface area contributed by atoms with Gasteiger partial charge in [-0.05, 0) is 62.7 Å². The predicted molar refractivity (Wildman–Crippen MR) is 93.1 cm³/mol. The molecule has 0 bridgehead atoms. The molecule has 3 heterocycles. The summed E-state index contributed by atoms with van der Waals surface area (Å²) in [6.07, 6.45) is 3.95. The summed E-state index contributed by atoms with van der Waals surface area (Å²) in [7, 11) is 0. The zero-order valence-electron chi connectivity index (χ0n) is 15.1. The largest absolute Gasteiger partial charge is 0.480 e. The van der Waals surface area contributed by atoms with Crippen molar-refractivity contribution < 1.29 is 29.0 Å². The van der Waals surface area contributed by atoms with Gasteiger partial charge >= 0.3 is 11.9 Å². The zero-order valence-corrected chi connectivity index (χ0v) is 15.1. The predicted octanol–water partition coefficient (Wildman–Crippen LogP) is 1.66. The van der Waals surface area contributed by atoms with Crippen LogP contribution in [0.5, 0.6) is 0 Å². The monoisotopic (exact) mass is 376 g/mol. The highest BCUT2D eigenvalue weighted by molar-refractivity contribution is 5.87. The van der Waals surface area contributed by atoms with Crippen LogP contribution in [-0.4, -0.2) is 63.5 Å². The number of nitrogens with zero attached hydrogens (tertiary/aromatic N) is 2. The topological polar surface area (TPSA) is 111 Å². The number of carboxylic acid groups (broad SMARTS) is 2. The van der Waals surface area contributed by atoms with Gasteiger partial charge in [-0.2, -0.15) is 0 Å². The summed E-state index contributed by atoms with van der Waals surface area (Å²) >= 11 is 0. The zero-order chi connectivity index (χ0) is 19.2. The number of likely N-dealkylation sites (tertiary alicyclic amines) is 2. The highest BCUT2D eigenvalue weighted by atomic mass is 16.4. The lowest BCUT2D eigenvalue weighted by molar-refractivity contribution is -0.148. The first-order valence-corrected chi connectivity index (χ1v) is 9.45. The minimum Gasteiger partial charge on any atom is -0.480 e. The fourth-order valence-electron chi connectivity index (χ4n) is 4.42. The summed E-state index contributed by atoms with van der Waals surface area (Å²) < 4.78 is 5.32. The van der Waals surface area contributed by atoms with Gasteiger partial charge in [-0.15, -0.1) is 0 Å². The normalized spacial score (nSPS) is 25.0. The second kappa shape index (κ2) is 6.67. The summed E-state index contributed by atoms with van der Waals surface area (Å²) in [6.45, 7) is 2.63. The van der Waals surface area contributed by atoms with Crippen molar-refractivity contribution in [2.75, 3.05) is 19.6 Å². The molecule has 4 rings (SSSR count). The molecule has 1 aliphatic carbocycles. The Labute approximate surface area is 156 Å². The van der Waals surface area contributed by atoms with Crippen molar-refractivity contribution in [3.63, 3.8) is 0 Å². The maximum absolute atomic E-state index is 12.5. The van der Waals surface area contributed by atoms with E-state index in [0.717, 1.165) is 38.8 Å². The third kappa shape index (κ3) is 3.58. The van der Waals surface area contributed by atoms with Crippen molar-refractivity contribution in [3.8, 4) is 0 Å². The van der Waals surface area contributed by atoms with E-state index < -0.39 is 18.0 Å². The number of amides is 1. The molecule has 3 fully saturated rings. The van der Waals surface area contributed by atoms with E-state index in [0.29, 0.717) is 25.3 Å². The minimum absolute atomic E-state index is 0.0125. The van der Waals surface area contributed by atoms with Crippen molar-refractivity contribution in [3.05, 3.63) is 23.7 Å². The molecule has 146 valence electrons. The fraction of sp³-hybridized carbons (Fsp3) is 0.632. The van der Waals surface area contributed by atoms with Crippen LogP contribution in [0.4, 0.5) is 0 Å². The van der Waals surface area contributed by atoms with Gasteiger partial charge in [0.25, 0.3) is 0 Å². The number of piperidine rings is 1. The third-order valence-electron chi connectivity index (χ3n) is 6.17. The average Bonchev–Trinajstić information content (AvgIpc) is 3.26. The SMILES string of the molecule is O=C(O)c1ccc(CN2CCC3(CC2)CC(C(=O)O)N(C(=O)C2CC2)C3)o1. The third-order valence-corrected chi connectivity index (χ3v) is 6.17. The van der Waals surface area contributed by atoms with Gasteiger partial charge in [-0.1, -0.05) is 0 Å². The summed E-state index contributed by atoms with van der Waals surface area (Å²) in [5.41, 5.74) is -0.126. The Morgan fingerprint density at radius 1 is 1.15 bits per heavy atom. The highest BCUT2D eigenvalue weighted by Crippen LogP contribution is 2.45. The highest BCUT2D eigenvalue weighted by Gasteiger charge is 2.51. The lowest BCUT2D eigenvalue weighted by Gasteiger charge is -2.38. The van der Waals surface area contributed by atoms with Crippen molar-refractivity contribution in [2.24, 2.45) is 11.3 Å². The molecule has 2 aliphatic heterocycles. The smallest absolute Gasteiger partial charge is 0.371 e. The van der Waals surface area contributed by atoms with E-state index >= 15 is 0 Å². The molecule has 0 aromatic carbocycles. The van der Waals surface area contributed by atoms with Crippen LogP contribution in [0.1, 0.15) is 48.4 Å². The van der Waals surface area contributed by atoms with E-state index in [9.17, 15) is 19.5 Å². The molecule has 2 N–H and O–H groups in total. The fourth-order valence-corrected chi connectivity index (χ4v) is 4.42. The maximum atomic E-state index is 12.5. The van der Waals surface area contributed by atoms with Crippen molar-refractivity contribution in [2.45, 2.75) is 44.7 Å². The van der Waals surface area contributed by atoms with E-state index in [1.54, 1.807) is 11.0 Å². The molecule has 3 aliphatic rings. The maximum Gasteiger partial charge on any atom is 0.371 e. The molecule has 27 heavy (non-hydrogen) atoms. The van der Waals surface area contributed by atoms with Gasteiger partial charge in [0.2, 0.25) is 11.7 Å². The van der Waals surface area contributed by atoms with Crippen LogP contribution in [0.25, 0.3) is 0 Å². The van der Waals surface area contributed by atoms with Gasteiger partial charge in [0.1, 0.15) is 11.8 Å². The number of aliphatic carboxylic acids is 1. The molecule has 1 atom stereocenters. The Morgan fingerprint density at radius 2 is 1.85 bits per heavy atom. The molecule has 1 saturated carbocycles.